The number of hydrogen-bond acceptors (Lipinski definition) is 1. The van der Waals surface area contributed by atoms with Crippen molar-refractivity contribution in [3.63, 3.8) is 0 Å². The van der Waals surface area contributed by atoms with E-state index in [9.17, 15) is 0 Å². The van der Waals surface area contributed by atoms with Crippen LogP contribution in [-0.4, -0.2) is 33.3 Å². The van der Waals surface area contributed by atoms with Gasteiger partial charge in [0.15, 0.2) is 0 Å². The molecule has 0 amide bonds. The van der Waals surface area contributed by atoms with Crippen LogP contribution in [0.5, 0.6) is 0 Å². The number of ether oxygens (including phenoxy) is 1. The summed E-state index contributed by atoms with van der Waals surface area (Å²) in [5.74, 6) is 0. The zero-order chi connectivity index (χ0) is 5.11. The van der Waals surface area contributed by atoms with Crippen LogP contribution in [0.4, 0.5) is 0 Å². The van der Waals surface area contributed by atoms with Crippen molar-refractivity contribution in [2.24, 2.45) is 0 Å². The summed E-state index contributed by atoms with van der Waals surface area (Å²) in [5, 5.41) is 0. The second-order valence-corrected chi connectivity index (χ2v) is 2.69. The van der Waals surface area contributed by atoms with E-state index in [0.717, 1.165) is 4.62 Å². The van der Waals surface area contributed by atoms with Crippen LogP contribution in [0.25, 0.3) is 0 Å². The minimum absolute atomic E-state index is 0.652. The molecule has 0 saturated heterocycles. The third-order valence-corrected chi connectivity index (χ3v) is 1.85. The molecule has 0 spiro atoms. The van der Waals surface area contributed by atoms with Gasteiger partial charge in [-0.1, -0.05) is 0 Å². The first-order valence-electron chi connectivity index (χ1n) is 2.69. The van der Waals surface area contributed by atoms with Crippen LogP contribution in [0.1, 0.15) is 19.3 Å². The molecule has 1 fully saturated rings. The molecule has 2 heteroatoms. The molecule has 0 aromatic rings. The molecule has 1 nitrogen and oxygen atoms in total. The van der Waals surface area contributed by atoms with Crippen molar-refractivity contribution in [1.82, 2.24) is 0 Å². The molecule has 1 aliphatic carbocycles. The van der Waals surface area contributed by atoms with Gasteiger partial charge in [0, 0.05) is 0 Å². The normalized spacial score (nSPS) is 21.9. The Balaban J connectivity index is 1.93. The molecule has 0 heterocycles. The Kier molecular flexibility index (Phi) is 2.46. The van der Waals surface area contributed by atoms with Crippen LogP contribution in [0.15, 0.2) is 0 Å². The number of rotatable bonds is 2. The summed E-state index contributed by atoms with van der Waals surface area (Å²) in [6.07, 6.45) is 4.67. The molecule has 0 bridgehead atoms. The van der Waals surface area contributed by atoms with Gasteiger partial charge < -0.3 is 0 Å². The first kappa shape index (κ1) is 5.89. The Bertz CT molecular complexity index is 52.0. The van der Waals surface area contributed by atoms with Gasteiger partial charge in [0.25, 0.3) is 0 Å². The van der Waals surface area contributed by atoms with Gasteiger partial charge >= 0.3 is 57.3 Å². The second kappa shape index (κ2) is 2.92. The van der Waals surface area contributed by atoms with E-state index >= 15 is 0 Å². The van der Waals surface area contributed by atoms with E-state index in [-0.39, 0.29) is 0 Å². The number of hydrogen-bond donors (Lipinski definition) is 0. The van der Waals surface area contributed by atoms with Crippen LogP contribution in [-0.2, 0) is 4.74 Å². The van der Waals surface area contributed by atoms with Gasteiger partial charge in [-0.15, -0.1) is 0 Å². The SMILES string of the molecule is [Sn][CH2]OC1CCC1. The Morgan fingerprint density at radius 1 is 1.57 bits per heavy atom. The molecule has 0 atom stereocenters. The van der Waals surface area contributed by atoms with Crippen LogP contribution in [0.3, 0.4) is 0 Å². The van der Waals surface area contributed by atoms with E-state index < -0.39 is 0 Å². The molecular weight excluding hydrogens is 195 g/mol. The monoisotopic (exact) mass is 205 g/mol. The van der Waals surface area contributed by atoms with Crippen molar-refractivity contribution >= 4 is 22.5 Å². The fourth-order valence-electron chi connectivity index (χ4n) is 0.655. The predicted molar refractivity (Wildman–Crippen MR) is 29.3 cm³/mol. The molecule has 0 aromatic heterocycles. The Hall–Kier alpha value is 0.759. The van der Waals surface area contributed by atoms with Crippen molar-refractivity contribution < 1.29 is 4.74 Å². The first-order valence-corrected chi connectivity index (χ1v) is 4.71. The van der Waals surface area contributed by atoms with Gasteiger partial charge in [-0.05, 0) is 0 Å². The third-order valence-electron chi connectivity index (χ3n) is 1.37. The summed E-state index contributed by atoms with van der Waals surface area (Å²) in [4.78, 5) is 0. The molecule has 1 aliphatic rings. The topological polar surface area (TPSA) is 9.23 Å². The Morgan fingerprint density at radius 2 is 2.29 bits per heavy atom. The van der Waals surface area contributed by atoms with Crippen LogP contribution < -0.4 is 0 Å². The maximum absolute atomic E-state index is 5.32. The van der Waals surface area contributed by atoms with Gasteiger partial charge in [0.05, 0.1) is 0 Å². The fraction of sp³-hybridized carbons (Fsp3) is 1.00. The Morgan fingerprint density at radius 3 is 2.43 bits per heavy atom. The summed E-state index contributed by atoms with van der Waals surface area (Å²) >= 11 is 1.50. The molecule has 0 aliphatic heterocycles. The fourth-order valence-corrected chi connectivity index (χ4v) is 1.33. The van der Waals surface area contributed by atoms with E-state index in [2.05, 4.69) is 0 Å². The van der Waals surface area contributed by atoms with Gasteiger partial charge in [-0.2, -0.15) is 0 Å². The molecule has 0 aromatic carbocycles. The molecule has 0 N–H and O–H groups in total. The maximum atomic E-state index is 5.32. The summed E-state index contributed by atoms with van der Waals surface area (Å²) in [7, 11) is 0. The quantitative estimate of drug-likeness (QED) is 0.601. The minimum atomic E-state index is 0.652. The zero-order valence-electron chi connectivity index (χ0n) is 4.31. The van der Waals surface area contributed by atoms with Crippen molar-refractivity contribution in [1.29, 1.82) is 0 Å². The van der Waals surface area contributed by atoms with Crippen molar-refractivity contribution in [2.75, 3.05) is 4.62 Å². The predicted octanol–water partition coefficient (Wildman–Crippen LogP) is 0.681. The van der Waals surface area contributed by atoms with Gasteiger partial charge in [0.1, 0.15) is 0 Å². The second-order valence-electron chi connectivity index (χ2n) is 1.86. The molecule has 0 unspecified atom stereocenters. The van der Waals surface area contributed by atoms with Crippen molar-refractivity contribution in [3.8, 4) is 0 Å². The van der Waals surface area contributed by atoms with E-state index in [0.29, 0.717) is 6.10 Å². The third kappa shape index (κ3) is 1.61. The summed E-state index contributed by atoms with van der Waals surface area (Å²) in [5.41, 5.74) is 0. The van der Waals surface area contributed by atoms with Gasteiger partial charge in [-0.25, -0.2) is 0 Å². The summed E-state index contributed by atoms with van der Waals surface area (Å²) < 4.78 is 6.30. The molecule has 1 rings (SSSR count). The molecule has 7 heavy (non-hydrogen) atoms. The molecule has 39 valence electrons. The van der Waals surface area contributed by atoms with E-state index in [1.807, 2.05) is 0 Å². The average molecular weight is 204 g/mol. The molecule has 3 radical (unpaired) electrons. The van der Waals surface area contributed by atoms with Crippen molar-refractivity contribution in [2.45, 2.75) is 25.4 Å². The zero-order valence-corrected chi connectivity index (χ0v) is 7.17. The standard InChI is InChI=1S/C5H9O.Sn/c1-6-5-3-2-4-5;/h5H,1-4H2;. The average Bonchev–Trinajstić information content (AvgIpc) is 1.55. The summed E-state index contributed by atoms with van der Waals surface area (Å²) in [6, 6.07) is 0. The van der Waals surface area contributed by atoms with Crippen molar-refractivity contribution in [3.05, 3.63) is 0 Å². The van der Waals surface area contributed by atoms with Crippen LogP contribution >= 0.6 is 0 Å². The van der Waals surface area contributed by atoms with Crippen LogP contribution in [0.2, 0.25) is 0 Å². The van der Waals surface area contributed by atoms with Crippen LogP contribution in [0, 0.1) is 0 Å². The van der Waals surface area contributed by atoms with E-state index in [1.165, 1.54) is 41.8 Å². The Labute approximate surface area is 57.5 Å². The van der Waals surface area contributed by atoms with Gasteiger partial charge in [0.2, 0.25) is 0 Å². The first-order chi connectivity index (χ1) is 3.43. The summed E-state index contributed by atoms with van der Waals surface area (Å²) in [6.45, 7) is 0. The molecular formula is C5H9OSn. The van der Waals surface area contributed by atoms with E-state index in [4.69, 9.17) is 4.74 Å². The molecule has 1 saturated carbocycles. The van der Waals surface area contributed by atoms with Gasteiger partial charge in [-0.3, -0.25) is 0 Å². The van der Waals surface area contributed by atoms with E-state index in [1.54, 1.807) is 0 Å².